The molecular formula is C21H25BrCl2N2O2. The number of benzene rings is 2. The molecule has 1 fully saturated rings. The van der Waals surface area contributed by atoms with Crippen LogP contribution in [0.25, 0.3) is 0 Å². The Morgan fingerprint density at radius 3 is 2.64 bits per heavy atom. The van der Waals surface area contributed by atoms with E-state index in [1.807, 2.05) is 24.3 Å². The van der Waals surface area contributed by atoms with E-state index in [9.17, 15) is 0 Å². The van der Waals surface area contributed by atoms with E-state index in [1.54, 1.807) is 13.2 Å². The molecule has 2 N–H and O–H groups in total. The first-order valence-electron chi connectivity index (χ1n) is 9.42. The monoisotopic (exact) mass is 486 g/mol. The first kappa shape index (κ1) is 21.7. The van der Waals surface area contributed by atoms with Crippen molar-refractivity contribution in [3.63, 3.8) is 0 Å². The van der Waals surface area contributed by atoms with Crippen LogP contribution in [0, 0.1) is 5.92 Å². The molecule has 28 heavy (non-hydrogen) atoms. The summed E-state index contributed by atoms with van der Waals surface area (Å²) < 4.78 is 12.7. The first-order valence-corrected chi connectivity index (χ1v) is 11.0. The minimum atomic E-state index is 0.380. The van der Waals surface area contributed by atoms with Crippen LogP contribution in [-0.4, -0.2) is 26.7 Å². The van der Waals surface area contributed by atoms with Crippen molar-refractivity contribution in [2.45, 2.75) is 26.0 Å². The fourth-order valence-corrected chi connectivity index (χ4v) is 4.11. The Kier molecular flexibility index (Phi) is 8.30. The minimum Gasteiger partial charge on any atom is -0.493 e. The summed E-state index contributed by atoms with van der Waals surface area (Å²) in [6, 6.07) is 9.41. The van der Waals surface area contributed by atoms with Crippen LogP contribution in [0.15, 0.2) is 34.8 Å². The van der Waals surface area contributed by atoms with E-state index in [0.717, 1.165) is 41.0 Å². The lowest BCUT2D eigenvalue weighted by Gasteiger charge is -2.23. The molecule has 0 aliphatic carbocycles. The highest BCUT2D eigenvalue weighted by molar-refractivity contribution is 9.10. The molecule has 2 aromatic rings. The molecule has 152 valence electrons. The largest absolute Gasteiger partial charge is 0.493 e. The molecule has 1 heterocycles. The second-order valence-electron chi connectivity index (χ2n) is 6.92. The zero-order valence-corrected chi connectivity index (χ0v) is 19.0. The average Bonchev–Trinajstić information content (AvgIpc) is 2.71. The van der Waals surface area contributed by atoms with Gasteiger partial charge in [-0.25, -0.2) is 0 Å². The van der Waals surface area contributed by atoms with Crippen molar-refractivity contribution in [3.8, 4) is 11.5 Å². The molecule has 4 nitrogen and oxygen atoms in total. The van der Waals surface area contributed by atoms with Crippen LogP contribution in [0.3, 0.4) is 0 Å². The Labute approximate surface area is 185 Å². The summed E-state index contributed by atoms with van der Waals surface area (Å²) in [5, 5.41) is 8.05. The molecule has 3 rings (SSSR count). The van der Waals surface area contributed by atoms with Gasteiger partial charge in [0.1, 0.15) is 6.61 Å². The Hall–Kier alpha value is -0.980. The standard InChI is InChI=1S/C21H25BrCl2N2O2/c1-27-20-5-3-17(22)16(12-26-11-14-6-8-25-9-7-14)21(20)28-13-15-2-4-18(23)19(24)10-15/h2-5,10,14,25-26H,6-9,11-13H2,1H3. The predicted octanol–water partition coefficient (Wildman–Crippen LogP) is 5.43. The van der Waals surface area contributed by atoms with Gasteiger partial charge in [0.05, 0.1) is 17.2 Å². The lowest BCUT2D eigenvalue weighted by Crippen LogP contribution is -2.33. The van der Waals surface area contributed by atoms with Gasteiger partial charge < -0.3 is 20.1 Å². The SMILES string of the molecule is COc1ccc(Br)c(CNCC2CCNCC2)c1OCc1ccc(Cl)c(Cl)c1. The third-order valence-electron chi connectivity index (χ3n) is 4.95. The molecule has 0 amide bonds. The topological polar surface area (TPSA) is 42.5 Å². The van der Waals surface area contributed by atoms with E-state index in [4.69, 9.17) is 32.7 Å². The first-order chi connectivity index (χ1) is 13.6. The number of rotatable bonds is 8. The van der Waals surface area contributed by atoms with Gasteiger partial charge in [-0.05, 0) is 68.2 Å². The Morgan fingerprint density at radius 2 is 1.93 bits per heavy atom. The number of ether oxygens (including phenoxy) is 2. The molecule has 2 aromatic carbocycles. The number of halogens is 3. The van der Waals surface area contributed by atoms with Crippen molar-refractivity contribution in [2.75, 3.05) is 26.7 Å². The van der Waals surface area contributed by atoms with Gasteiger partial charge in [0, 0.05) is 16.6 Å². The maximum absolute atomic E-state index is 6.16. The van der Waals surface area contributed by atoms with E-state index < -0.39 is 0 Å². The Morgan fingerprint density at radius 1 is 1.14 bits per heavy atom. The van der Waals surface area contributed by atoms with E-state index in [1.165, 1.54) is 12.8 Å². The van der Waals surface area contributed by atoms with Gasteiger partial charge in [-0.3, -0.25) is 0 Å². The van der Waals surface area contributed by atoms with Gasteiger partial charge in [-0.15, -0.1) is 0 Å². The third-order valence-corrected chi connectivity index (χ3v) is 6.43. The number of hydrogen-bond acceptors (Lipinski definition) is 4. The molecule has 1 saturated heterocycles. The molecule has 0 bridgehead atoms. The highest BCUT2D eigenvalue weighted by Gasteiger charge is 2.17. The molecule has 1 aliphatic rings. The zero-order chi connectivity index (χ0) is 19.9. The summed E-state index contributed by atoms with van der Waals surface area (Å²) in [7, 11) is 1.65. The summed E-state index contributed by atoms with van der Waals surface area (Å²) >= 11 is 15.8. The molecule has 0 unspecified atom stereocenters. The molecule has 0 spiro atoms. The van der Waals surface area contributed by atoms with Crippen LogP contribution in [-0.2, 0) is 13.2 Å². The lowest BCUT2D eigenvalue weighted by atomic mass is 9.98. The summed E-state index contributed by atoms with van der Waals surface area (Å²) in [6.45, 7) is 4.29. The highest BCUT2D eigenvalue weighted by atomic mass is 79.9. The van der Waals surface area contributed by atoms with E-state index in [-0.39, 0.29) is 0 Å². The number of hydrogen-bond donors (Lipinski definition) is 2. The van der Waals surface area contributed by atoms with Crippen LogP contribution in [0.2, 0.25) is 10.0 Å². The smallest absolute Gasteiger partial charge is 0.167 e. The average molecular weight is 488 g/mol. The fourth-order valence-electron chi connectivity index (χ4n) is 3.34. The normalized spacial score (nSPS) is 14.9. The van der Waals surface area contributed by atoms with E-state index >= 15 is 0 Å². The Bertz CT molecular complexity index is 798. The fraction of sp³-hybridized carbons (Fsp3) is 0.429. The molecule has 0 atom stereocenters. The van der Waals surface area contributed by atoms with Crippen molar-refractivity contribution in [2.24, 2.45) is 5.92 Å². The summed E-state index contributed by atoms with van der Waals surface area (Å²) in [5.74, 6) is 2.16. The maximum Gasteiger partial charge on any atom is 0.167 e. The number of nitrogens with one attached hydrogen (secondary N) is 2. The molecule has 1 aliphatic heterocycles. The molecular weight excluding hydrogens is 463 g/mol. The van der Waals surface area contributed by atoms with Crippen LogP contribution in [0.1, 0.15) is 24.0 Å². The van der Waals surface area contributed by atoms with Crippen molar-refractivity contribution in [3.05, 3.63) is 56.0 Å². The van der Waals surface area contributed by atoms with Crippen LogP contribution < -0.4 is 20.1 Å². The minimum absolute atomic E-state index is 0.380. The van der Waals surface area contributed by atoms with Crippen LogP contribution >= 0.6 is 39.1 Å². The van der Waals surface area contributed by atoms with Crippen molar-refractivity contribution in [1.29, 1.82) is 0 Å². The molecule has 0 saturated carbocycles. The maximum atomic E-state index is 6.16. The van der Waals surface area contributed by atoms with Gasteiger partial charge in [0.2, 0.25) is 0 Å². The van der Waals surface area contributed by atoms with Gasteiger partial charge in [-0.1, -0.05) is 45.2 Å². The Balaban J connectivity index is 1.70. The molecule has 7 heteroatoms. The molecule has 0 radical (unpaired) electrons. The van der Waals surface area contributed by atoms with E-state index in [0.29, 0.717) is 34.9 Å². The summed E-state index contributed by atoms with van der Waals surface area (Å²) in [6.07, 6.45) is 2.43. The summed E-state index contributed by atoms with van der Waals surface area (Å²) in [4.78, 5) is 0. The van der Waals surface area contributed by atoms with Crippen molar-refractivity contribution >= 4 is 39.1 Å². The highest BCUT2D eigenvalue weighted by Crippen LogP contribution is 2.37. The number of methoxy groups -OCH3 is 1. The predicted molar refractivity (Wildman–Crippen MR) is 119 cm³/mol. The van der Waals surface area contributed by atoms with Gasteiger partial charge >= 0.3 is 0 Å². The van der Waals surface area contributed by atoms with Gasteiger partial charge in [-0.2, -0.15) is 0 Å². The third kappa shape index (κ3) is 5.77. The second kappa shape index (κ2) is 10.7. The van der Waals surface area contributed by atoms with Crippen molar-refractivity contribution in [1.82, 2.24) is 10.6 Å². The summed E-state index contributed by atoms with van der Waals surface area (Å²) in [5.41, 5.74) is 2.00. The second-order valence-corrected chi connectivity index (χ2v) is 8.59. The van der Waals surface area contributed by atoms with Crippen LogP contribution in [0.5, 0.6) is 11.5 Å². The molecule has 0 aromatic heterocycles. The lowest BCUT2D eigenvalue weighted by molar-refractivity contribution is 0.279. The van der Waals surface area contributed by atoms with E-state index in [2.05, 4.69) is 26.6 Å². The quantitative estimate of drug-likeness (QED) is 0.520. The van der Waals surface area contributed by atoms with Crippen molar-refractivity contribution < 1.29 is 9.47 Å². The zero-order valence-electron chi connectivity index (χ0n) is 15.9. The van der Waals surface area contributed by atoms with Crippen LogP contribution in [0.4, 0.5) is 0 Å². The number of piperidine rings is 1. The van der Waals surface area contributed by atoms with Gasteiger partial charge in [0.15, 0.2) is 11.5 Å². The van der Waals surface area contributed by atoms with Gasteiger partial charge in [0.25, 0.3) is 0 Å².